The molecule has 0 aromatic heterocycles. The van der Waals surface area contributed by atoms with E-state index >= 15 is 0 Å². The summed E-state index contributed by atoms with van der Waals surface area (Å²) in [6.07, 6.45) is -1.62. The molecule has 0 bridgehead atoms. The van der Waals surface area contributed by atoms with Gasteiger partial charge in [-0.25, -0.2) is 0 Å². The molecule has 0 aliphatic carbocycles. The third-order valence-corrected chi connectivity index (χ3v) is 1.14. The highest BCUT2D eigenvalue weighted by Crippen LogP contribution is 1.91. The average Bonchev–Trinajstić information content (AvgIpc) is 2.06. The first-order valence-electron chi connectivity index (χ1n) is 3.36. The van der Waals surface area contributed by atoms with Crippen molar-refractivity contribution in [2.24, 2.45) is 0 Å². The third kappa shape index (κ3) is 5.11. The minimum Gasteiger partial charge on any atom is -0.394 e. The fraction of sp³-hybridized carbons (Fsp3) is 1.00. The van der Waals surface area contributed by atoms with Crippen molar-refractivity contribution in [2.75, 3.05) is 26.4 Å². The first-order chi connectivity index (χ1) is 5.24. The second-order valence-corrected chi connectivity index (χ2v) is 2.16. The summed E-state index contributed by atoms with van der Waals surface area (Å²) in [4.78, 5) is 0. The highest BCUT2D eigenvalue weighted by molar-refractivity contribution is 4.55. The summed E-state index contributed by atoms with van der Waals surface area (Å²) < 4.78 is 4.78. The van der Waals surface area contributed by atoms with E-state index in [2.05, 4.69) is 0 Å². The third-order valence-electron chi connectivity index (χ3n) is 1.14. The monoisotopic (exact) mass is 166 g/mol. The number of aliphatic hydroxyl groups excluding tert-OH is 4. The van der Waals surface area contributed by atoms with Gasteiger partial charge in [-0.3, -0.25) is 0 Å². The molecule has 11 heavy (non-hydrogen) atoms. The van der Waals surface area contributed by atoms with Gasteiger partial charge in [0.25, 0.3) is 0 Å². The van der Waals surface area contributed by atoms with E-state index in [0.29, 0.717) is 0 Å². The number of rotatable bonds is 6. The van der Waals surface area contributed by atoms with Crippen molar-refractivity contribution in [3.8, 4) is 0 Å². The maximum atomic E-state index is 8.76. The smallest absolute Gasteiger partial charge is 0.104 e. The van der Waals surface area contributed by atoms with Gasteiger partial charge in [-0.15, -0.1) is 0 Å². The van der Waals surface area contributed by atoms with Gasteiger partial charge < -0.3 is 25.2 Å². The molecule has 0 radical (unpaired) electrons. The summed E-state index contributed by atoms with van der Waals surface area (Å²) in [5, 5.41) is 34.1. The van der Waals surface area contributed by atoms with E-state index in [1.165, 1.54) is 0 Å². The van der Waals surface area contributed by atoms with Gasteiger partial charge in [-0.2, -0.15) is 0 Å². The van der Waals surface area contributed by atoms with Gasteiger partial charge in [0.2, 0.25) is 0 Å². The predicted molar refractivity (Wildman–Crippen MR) is 37.0 cm³/mol. The second-order valence-electron chi connectivity index (χ2n) is 2.16. The summed E-state index contributed by atoms with van der Waals surface area (Å²) in [6.45, 7) is -1.06. The van der Waals surface area contributed by atoms with Crippen LogP contribution >= 0.6 is 0 Å². The van der Waals surface area contributed by atoms with E-state index in [4.69, 9.17) is 25.2 Å². The molecule has 0 aliphatic heterocycles. The maximum absolute atomic E-state index is 8.76. The van der Waals surface area contributed by atoms with Gasteiger partial charge in [-0.1, -0.05) is 0 Å². The Morgan fingerprint density at radius 2 is 1.55 bits per heavy atom. The zero-order valence-corrected chi connectivity index (χ0v) is 6.18. The van der Waals surface area contributed by atoms with Crippen LogP contribution in [-0.2, 0) is 4.74 Å². The van der Waals surface area contributed by atoms with E-state index in [0.717, 1.165) is 0 Å². The van der Waals surface area contributed by atoms with Crippen LogP contribution in [0.1, 0.15) is 0 Å². The van der Waals surface area contributed by atoms with Gasteiger partial charge in [0.1, 0.15) is 12.2 Å². The van der Waals surface area contributed by atoms with E-state index in [9.17, 15) is 0 Å². The molecular formula is C6H14O5. The summed E-state index contributed by atoms with van der Waals surface area (Å²) in [5.41, 5.74) is 0. The molecule has 5 nitrogen and oxygen atoms in total. The fourth-order valence-corrected chi connectivity index (χ4v) is 0.463. The van der Waals surface area contributed by atoms with Crippen LogP contribution in [0.5, 0.6) is 0 Å². The zero-order chi connectivity index (χ0) is 8.69. The van der Waals surface area contributed by atoms with E-state index in [1.54, 1.807) is 0 Å². The largest absolute Gasteiger partial charge is 0.394 e. The fourth-order valence-electron chi connectivity index (χ4n) is 0.463. The van der Waals surface area contributed by atoms with E-state index < -0.39 is 12.2 Å². The van der Waals surface area contributed by atoms with Crippen LogP contribution in [-0.4, -0.2) is 59.1 Å². The molecule has 0 rings (SSSR count). The maximum Gasteiger partial charge on any atom is 0.104 e. The topological polar surface area (TPSA) is 90.2 Å². The van der Waals surface area contributed by atoms with E-state index in [-0.39, 0.29) is 26.4 Å². The standard InChI is InChI=1S/C6H14O5/c7-1-5(10)4-11-6(2-8)3-9/h5-10H,1-4H2. The van der Waals surface area contributed by atoms with Gasteiger partial charge >= 0.3 is 0 Å². The van der Waals surface area contributed by atoms with E-state index in [1.807, 2.05) is 0 Å². The molecule has 1 atom stereocenters. The molecule has 0 aliphatic rings. The van der Waals surface area contributed by atoms with Gasteiger partial charge in [0.15, 0.2) is 0 Å². The van der Waals surface area contributed by atoms with Crippen molar-refractivity contribution < 1.29 is 25.2 Å². The molecule has 0 aromatic carbocycles. The summed E-state index contributed by atoms with van der Waals surface area (Å²) >= 11 is 0. The van der Waals surface area contributed by atoms with Crippen LogP contribution in [0, 0.1) is 0 Å². The van der Waals surface area contributed by atoms with Crippen LogP contribution < -0.4 is 0 Å². The van der Waals surface area contributed by atoms with Crippen LogP contribution in [0.15, 0.2) is 0 Å². The highest BCUT2D eigenvalue weighted by atomic mass is 16.5. The minimum atomic E-state index is -0.949. The summed E-state index contributed by atoms with van der Waals surface area (Å²) in [5.74, 6) is 0. The molecule has 1 unspecified atom stereocenters. The van der Waals surface area contributed by atoms with Crippen LogP contribution in [0.25, 0.3) is 0 Å². The molecule has 0 amide bonds. The summed E-state index contributed by atoms with van der Waals surface area (Å²) in [7, 11) is 0. The normalized spacial score (nSPS) is 13.9. The SMILES string of the molecule is OCC(O)COC(CO)CO. The van der Waals surface area contributed by atoms with Crippen molar-refractivity contribution >= 4 is 0 Å². The lowest BCUT2D eigenvalue weighted by Gasteiger charge is -2.14. The Bertz CT molecular complexity index is 83.0. The number of hydrogen-bond acceptors (Lipinski definition) is 5. The highest BCUT2D eigenvalue weighted by Gasteiger charge is 2.08. The van der Waals surface area contributed by atoms with Crippen molar-refractivity contribution in [1.29, 1.82) is 0 Å². The lowest BCUT2D eigenvalue weighted by atomic mass is 10.4. The van der Waals surface area contributed by atoms with Gasteiger partial charge in [0, 0.05) is 0 Å². The molecule has 4 N–H and O–H groups in total. The molecule has 0 aromatic rings. The Morgan fingerprint density at radius 3 is 1.91 bits per heavy atom. The Kier molecular flexibility index (Phi) is 6.39. The first-order valence-corrected chi connectivity index (χ1v) is 3.36. The first kappa shape index (κ1) is 10.8. The summed E-state index contributed by atoms with van der Waals surface area (Å²) in [6, 6.07) is 0. The van der Waals surface area contributed by atoms with Gasteiger partial charge in [-0.05, 0) is 0 Å². The Morgan fingerprint density at radius 1 is 1.00 bits per heavy atom. The average molecular weight is 166 g/mol. The van der Waals surface area contributed by atoms with Crippen molar-refractivity contribution in [3.05, 3.63) is 0 Å². The molecular weight excluding hydrogens is 152 g/mol. The Hall–Kier alpha value is -0.200. The molecule has 0 spiro atoms. The minimum absolute atomic E-state index is 0.0811. The number of aliphatic hydroxyl groups is 4. The Labute approximate surface area is 64.9 Å². The molecule has 0 fully saturated rings. The molecule has 0 saturated heterocycles. The second kappa shape index (κ2) is 6.51. The molecule has 68 valence electrons. The van der Waals surface area contributed by atoms with Crippen molar-refractivity contribution in [3.63, 3.8) is 0 Å². The Balaban J connectivity index is 3.34. The number of ether oxygens (including phenoxy) is 1. The lowest BCUT2D eigenvalue weighted by Crippen LogP contribution is -2.28. The molecule has 0 heterocycles. The molecule has 5 heteroatoms. The quantitative estimate of drug-likeness (QED) is 0.356. The molecule has 0 saturated carbocycles. The van der Waals surface area contributed by atoms with Crippen LogP contribution in [0.4, 0.5) is 0 Å². The number of hydrogen-bond donors (Lipinski definition) is 4. The van der Waals surface area contributed by atoms with Crippen LogP contribution in [0.3, 0.4) is 0 Å². The van der Waals surface area contributed by atoms with Crippen LogP contribution in [0.2, 0.25) is 0 Å². The predicted octanol–water partition coefficient (Wildman–Crippen LogP) is -2.29. The zero-order valence-electron chi connectivity index (χ0n) is 6.18. The van der Waals surface area contributed by atoms with Crippen molar-refractivity contribution in [2.45, 2.75) is 12.2 Å². The van der Waals surface area contributed by atoms with Gasteiger partial charge in [0.05, 0.1) is 26.4 Å². The van der Waals surface area contributed by atoms with Crippen molar-refractivity contribution in [1.82, 2.24) is 0 Å². The lowest BCUT2D eigenvalue weighted by molar-refractivity contribution is -0.0635.